The van der Waals surface area contributed by atoms with Crippen LogP contribution in [0.1, 0.15) is 37.0 Å². The van der Waals surface area contributed by atoms with Gasteiger partial charge in [0.2, 0.25) is 0 Å². The number of hydrogen-bond donors (Lipinski definition) is 2. The SMILES string of the molecule is C=NC(C)/N=C(\N)c1ccccc1.CCC1=CC=C(c2ccc3c4ccccc4c4ccccc4c3c2)CN1.Cc1ccccc1. The van der Waals surface area contributed by atoms with E-state index < -0.39 is 0 Å². The van der Waals surface area contributed by atoms with Gasteiger partial charge in [-0.3, -0.25) is 4.99 Å². The number of aryl methyl sites for hydroxylation is 1. The first-order valence-electron chi connectivity index (χ1n) is 15.8. The minimum Gasteiger partial charge on any atom is -0.384 e. The van der Waals surface area contributed by atoms with E-state index in [1.807, 2.05) is 55.5 Å². The molecule has 0 aliphatic carbocycles. The molecular weight excluding hydrogens is 560 g/mol. The molecule has 1 aliphatic heterocycles. The number of dihydropyridines is 1. The van der Waals surface area contributed by atoms with E-state index in [0.29, 0.717) is 5.84 Å². The summed E-state index contributed by atoms with van der Waals surface area (Å²) in [4.78, 5) is 7.87. The summed E-state index contributed by atoms with van der Waals surface area (Å²) in [5, 5.41) is 11.5. The third-order valence-electron chi connectivity index (χ3n) is 8.09. The summed E-state index contributed by atoms with van der Waals surface area (Å²) < 4.78 is 0. The van der Waals surface area contributed by atoms with Crippen LogP contribution < -0.4 is 11.1 Å². The van der Waals surface area contributed by atoms with Crippen molar-refractivity contribution in [1.82, 2.24) is 5.32 Å². The highest BCUT2D eigenvalue weighted by atomic mass is 15.0. The van der Waals surface area contributed by atoms with Crippen LogP contribution in [0.15, 0.2) is 155 Å². The van der Waals surface area contributed by atoms with E-state index >= 15 is 0 Å². The Kier molecular flexibility index (Phi) is 10.8. The normalized spacial score (nSPS) is 13.3. The van der Waals surface area contributed by atoms with Crippen LogP contribution in [0.5, 0.6) is 0 Å². The largest absolute Gasteiger partial charge is 0.384 e. The highest BCUT2D eigenvalue weighted by Gasteiger charge is 2.11. The molecule has 1 atom stereocenters. The van der Waals surface area contributed by atoms with E-state index in [1.165, 1.54) is 54.7 Å². The number of fused-ring (bicyclic) bond motifs is 6. The van der Waals surface area contributed by atoms with Gasteiger partial charge in [0.25, 0.3) is 0 Å². The second kappa shape index (κ2) is 15.5. The summed E-state index contributed by atoms with van der Waals surface area (Å²) in [5.74, 6) is 0.500. The van der Waals surface area contributed by atoms with Crippen LogP contribution in [-0.2, 0) is 0 Å². The number of allylic oxidation sites excluding steroid dienone is 3. The third kappa shape index (κ3) is 7.77. The van der Waals surface area contributed by atoms with Crippen molar-refractivity contribution in [2.45, 2.75) is 33.4 Å². The van der Waals surface area contributed by atoms with Crippen LogP contribution in [0.4, 0.5) is 0 Å². The molecule has 0 amide bonds. The van der Waals surface area contributed by atoms with Gasteiger partial charge in [-0.05, 0) is 82.6 Å². The molecule has 0 fully saturated rings. The van der Waals surface area contributed by atoms with Crippen LogP contribution >= 0.6 is 0 Å². The molecular formula is C42H42N4. The van der Waals surface area contributed by atoms with Gasteiger partial charge in [0, 0.05) is 17.8 Å². The van der Waals surface area contributed by atoms with Gasteiger partial charge in [-0.2, -0.15) is 0 Å². The van der Waals surface area contributed by atoms with E-state index in [1.54, 1.807) is 0 Å². The van der Waals surface area contributed by atoms with Gasteiger partial charge < -0.3 is 11.1 Å². The van der Waals surface area contributed by atoms with E-state index in [4.69, 9.17) is 5.73 Å². The van der Waals surface area contributed by atoms with Gasteiger partial charge in [-0.1, -0.05) is 140 Å². The van der Waals surface area contributed by atoms with E-state index in [0.717, 1.165) is 18.5 Å². The molecule has 4 nitrogen and oxygen atoms in total. The zero-order chi connectivity index (χ0) is 32.3. The summed E-state index contributed by atoms with van der Waals surface area (Å²) >= 11 is 0. The quantitative estimate of drug-likeness (QED) is 0.117. The second-order valence-corrected chi connectivity index (χ2v) is 11.3. The minimum absolute atomic E-state index is 0.180. The lowest BCUT2D eigenvalue weighted by molar-refractivity contribution is 0.800. The van der Waals surface area contributed by atoms with Crippen molar-refractivity contribution < 1.29 is 0 Å². The smallest absolute Gasteiger partial charge is 0.138 e. The fourth-order valence-electron chi connectivity index (χ4n) is 5.54. The van der Waals surface area contributed by atoms with Gasteiger partial charge in [-0.15, -0.1) is 0 Å². The highest BCUT2D eigenvalue weighted by molar-refractivity contribution is 6.25. The number of benzene rings is 6. The molecule has 3 N–H and O–H groups in total. The van der Waals surface area contributed by atoms with Crippen molar-refractivity contribution in [2.75, 3.05) is 6.54 Å². The monoisotopic (exact) mass is 602 g/mol. The molecule has 7 rings (SSSR count). The first-order chi connectivity index (χ1) is 22.5. The Hall–Kier alpha value is -5.48. The molecule has 0 saturated heterocycles. The van der Waals surface area contributed by atoms with Crippen molar-refractivity contribution in [3.8, 4) is 0 Å². The molecule has 0 bridgehead atoms. The second-order valence-electron chi connectivity index (χ2n) is 11.3. The molecule has 1 aliphatic rings. The average Bonchev–Trinajstić information content (AvgIpc) is 3.13. The number of nitrogens with two attached hydrogens (primary N) is 1. The Morgan fingerprint density at radius 1 is 0.717 bits per heavy atom. The Labute approximate surface area is 272 Å². The van der Waals surface area contributed by atoms with Crippen LogP contribution in [-0.4, -0.2) is 25.3 Å². The number of amidine groups is 1. The predicted molar refractivity (Wildman–Crippen MR) is 201 cm³/mol. The van der Waals surface area contributed by atoms with Crippen molar-refractivity contribution in [1.29, 1.82) is 0 Å². The Balaban J connectivity index is 0.000000173. The molecule has 6 aromatic rings. The van der Waals surface area contributed by atoms with E-state index in [2.05, 4.69) is 127 Å². The molecule has 1 heterocycles. The fraction of sp³-hybridized carbons (Fsp3) is 0.143. The van der Waals surface area contributed by atoms with Gasteiger partial charge in [-0.25, -0.2) is 4.99 Å². The number of nitrogens with zero attached hydrogens (tertiary/aromatic N) is 2. The Bertz CT molecular complexity index is 1990. The summed E-state index contributed by atoms with van der Waals surface area (Å²) in [6.45, 7) is 10.4. The van der Waals surface area contributed by atoms with Gasteiger partial charge >= 0.3 is 0 Å². The first-order valence-corrected chi connectivity index (χ1v) is 15.8. The summed E-state index contributed by atoms with van der Waals surface area (Å²) in [6.07, 6.45) is 5.35. The summed E-state index contributed by atoms with van der Waals surface area (Å²) in [7, 11) is 0. The van der Waals surface area contributed by atoms with Crippen molar-refractivity contribution in [2.24, 2.45) is 15.7 Å². The van der Waals surface area contributed by atoms with Crippen molar-refractivity contribution in [3.63, 3.8) is 0 Å². The maximum absolute atomic E-state index is 5.73. The average molecular weight is 603 g/mol. The number of hydrogen-bond acceptors (Lipinski definition) is 3. The maximum atomic E-state index is 5.73. The Morgan fingerprint density at radius 2 is 1.24 bits per heavy atom. The number of rotatable bonds is 5. The topological polar surface area (TPSA) is 62.8 Å². The highest BCUT2D eigenvalue weighted by Crippen LogP contribution is 2.36. The molecule has 0 spiro atoms. The van der Waals surface area contributed by atoms with E-state index in [9.17, 15) is 0 Å². The summed E-state index contributed by atoms with van der Waals surface area (Å²) in [5.41, 5.74) is 11.9. The molecule has 0 saturated carbocycles. The zero-order valence-corrected chi connectivity index (χ0v) is 26.9. The summed E-state index contributed by atoms with van der Waals surface area (Å²) in [6, 6.07) is 44.3. The van der Waals surface area contributed by atoms with Crippen LogP contribution in [0.2, 0.25) is 0 Å². The lowest BCUT2D eigenvalue weighted by Crippen LogP contribution is -2.18. The maximum Gasteiger partial charge on any atom is 0.138 e. The number of aliphatic imine (C=N–C) groups is 2. The van der Waals surface area contributed by atoms with Gasteiger partial charge in [0.1, 0.15) is 12.0 Å². The molecule has 1 unspecified atom stereocenters. The number of nitrogens with one attached hydrogen (secondary N) is 1. The minimum atomic E-state index is -0.180. The van der Waals surface area contributed by atoms with E-state index in [-0.39, 0.29) is 6.17 Å². The first kappa shape index (κ1) is 31.9. The van der Waals surface area contributed by atoms with Crippen LogP contribution in [0, 0.1) is 6.92 Å². The third-order valence-corrected chi connectivity index (χ3v) is 8.09. The van der Waals surface area contributed by atoms with Crippen molar-refractivity contribution in [3.05, 3.63) is 162 Å². The van der Waals surface area contributed by atoms with Gasteiger partial charge in [0.05, 0.1) is 0 Å². The molecule has 46 heavy (non-hydrogen) atoms. The van der Waals surface area contributed by atoms with Crippen LogP contribution in [0.25, 0.3) is 37.9 Å². The molecule has 6 aromatic carbocycles. The predicted octanol–water partition coefficient (Wildman–Crippen LogP) is 9.86. The Morgan fingerprint density at radius 3 is 1.72 bits per heavy atom. The molecule has 0 aromatic heterocycles. The lowest BCUT2D eigenvalue weighted by atomic mass is 9.91. The standard InChI is InChI=1S/C25H21N.C10H13N3.C7H8/c1-2-19-13-11-18(16-26-19)17-12-14-24-22-9-4-3-7-20(22)21-8-5-6-10-23(21)25(24)15-17;1-8(12-2)13-10(11)9-6-4-3-5-7-9;1-7-5-3-2-4-6-7/h3-15,26H,2,16H2,1H3;3-8H,2H2,1H3,(H2,11,13);2-6H,1H3. The molecule has 230 valence electrons. The van der Waals surface area contributed by atoms with Gasteiger partial charge in [0.15, 0.2) is 0 Å². The van der Waals surface area contributed by atoms with Crippen molar-refractivity contribution >= 4 is 50.4 Å². The zero-order valence-electron chi connectivity index (χ0n) is 26.9. The molecule has 0 radical (unpaired) electrons. The molecule has 4 heteroatoms. The lowest BCUT2D eigenvalue weighted by Gasteiger charge is -2.18. The van der Waals surface area contributed by atoms with Crippen LogP contribution in [0.3, 0.4) is 0 Å². The fourth-order valence-corrected chi connectivity index (χ4v) is 5.54.